The third-order valence-corrected chi connectivity index (χ3v) is 2.17. The van der Waals surface area contributed by atoms with Gasteiger partial charge in [0.25, 0.3) is 0 Å². The minimum absolute atomic E-state index is 0.383. The monoisotopic (exact) mass is 195 g/mol. The van der Waals surface area contributed by atoms with Gasteiger partial charge in [-0.05, 0) is 24.7 Å². The van der Waals surface area contributed by atoms with Gasteiger partial charge in [0.05, 0.1) is 5.69 Å². The Morgan fingerprint density at radius 3 is 2.64 bits per heavy atom. The molecule has 3 nitrogen and oxygen atoms in total. The topological polar surface area (TPSA) is 30.7 Å². The lowest BCUT2D eigenvalue weighted by molar-refractivity contribution is 0.376. The van der Waals surface area contributed by atoms with Gasteiger partial charge in [-0.1, -0.05) is 32.9 Å². The van der Waals surface area contributed by atoms with Crippen molar-refractivity contribution >= 4 is 0 Å². The minimum atomic E-state index is 0.383. The second kappa shape index (κ2) is 4.58. The van der Waals surface area contributed by atoms with Crippen molar-refractivity contribution in [2.45, 2.75) is 53.5 Å². The molecule has 1 aromatic heterocycles. The van der Waals surface area contributed by atoms with E-state index in [4.69, 9.17) is 0 Å². The van der Waals surface area contributed by atoms with E-state index in [0.29, 0.717) is 5.41 Å². The molecule has 0 saturated heterocycles. The molecule has 0 saturated carbocycles. The first-order chi connectivity index (χ1) is 6.51. The number of aryl methyl sites for hydroxylation is 2. The van der Waals surface area contributed by atoms with Crippen LogP contribution in [0.4, 0.5) is 0 Å². The maximum atomic E-state index is 4.15. The standard InChI is InChI=1S/C11H21N3/c1-5-8-14-9-10(12-13-14)6-7-11(2,3)4/h9H,5-8H2,1-4H3. The van der Waals surface area contributed by atoms with Crippen molar-refractivity contribution in [3.8, 4) is 0 Å². The summed E-state index contributed by atoms with van der Waals surface area (Å²) in [6, 6.07) is 0. The summed E-state index contributed by atoms with van der Waals surface area (Å²) in [5.74, 6) is 0. The molecule has 0 aliphatic rings. The van der Waals surface area contributed by atoms with Crippen LogP contribution < -0.4 is 0 Å². The van der Waals surface area contributed by atoms with Crippen LogP contribution in [0.2, 0.25) is 0 Å². The SMILES string of the molecule is CCCn1cc(CCC(C)(C)C)nn1. The van der Waals surface area contributed by atoms with E-state index < -0.39 is 0 Å². The number of rotatable bonds is 4. The van der Waals surface area contributed by atoms with E-state index in [2.05, 4.69) is 44.2 Å². The van der Waals surface area contributed by atoms with Crippen LogP contribution in [0, 0.1) is 5.41 Å². The van der Waals surface area contributed by atoms with Crippen LogP contribution in [0.1, 0.15) is 46.2 Å². The van der Waals surface area contributed by atoms with Crippen LogP contribution in [0.5, 0.6) is 0 Å². The fourth-order valence-electron chi connectivity index (χ4n) is 1.29. The summed E-state index contributed by atoms with van der Waals surface area (Å²) >= 11 is 0. The molecule has 0 aliphatic carbocycles. The smallest absolute Gasteiger partial charge is 0.0827 e. The van der Waals surface area contributed by atoms with Crippen LogP contribution in [0.15, 0.2) is 6.20 Å². The maximum Gasteiger partial charge on any atom is 0.0827 e. The van der Waals surface area contributed by atoms with Gasteiger partial charge in [-0.3, -0.25) is 4.68 Å². The van der Waals surface area contributed by atoms with E-state index in [0.717, 1.165) is 31.5 Å². The average Bonchev–Trinajstić information content (AvgIpc) is 2.49. The molecule has 14 heavy (non-hydrogen) atoms. The zero-order valence-electron chi connectivity index (χ0n) is 9.75. The molecule has 1 heterocycles. The van der Waals surface area contributed by atoms with Crippen LogP contribution in [-0.4, -0.2) is 15.0 Å². The van der Waals surface area contributed by atoms with E-state index in [1.807, 2.05) is 4.68 Å². The Bertz CT molecular complexity index is 270. The molecule has 0 atom stereocenters. The Morgan fingerprint density at radius 2 is 2.07 bits per heavy atom. The van der Waals surface area contributed by atoms with Gasteiger partial charge < -0.3 is 0 Å². The Balaban J connectivity index is 2.44. The zero-order chi connectivity index (χ0) is 10.6. The summed E-state index contributed by atoms with van der Waals surface area (Å²) in [5.41, 5.74) is 1.50. The average molecular weight is 195 g/mol. The summed E-state index contributed by atoms with van der Waals surface area (Å²) in [6.07, 6.45) is 5.38. The molecule has 0 radical (unpaired) electrons. The second-order valence-corrected chi connectivity index (χ2v) is 5.03. The number of hydrogen-bond acceptors (Lipinski definition) is 2. The number of hydrogen-bond donors (Lipinski definition) is 0. The molecule has 0 bridgehead atoms. The molecular weight excluding hydrogens is 174 g/mol. The Hall–Kier alpha value is -0.860. The van der Waals surface area contributed by atoms with Crippen molar-refractivity contribution < 1.29 is 0 Å². The second-order valence-electron chi connectivity index (χ2n) is 5.03. The predicted molar refractivity (Wildman–Crippen MR) is 58.1 cm³/mol. The molecule has 1 aromatic rings. The van der Waals surface area contributed by atoms with Crippen molar-refractivity contribution in [2.75, 3.05) is 0 Å². The first-order valence-electron chi connectivity index (χ1n) is 5.40. The summed E-state index contributed by atoms with van der Waals surface area (Å²) in [6.45, 7) is 9.88. The van der Waals surface area contributed by atoms with Gasteiger partial charge in [0.2, 0.25) is 0 Å². The minimum Gasteiger partial charge on any atom is -0.252 e. The molecule has 0 aliphatic heterocycles. The molecule has 80 valence electrons. The van der Waals surface area contributed by atoms with E-state index in [9.17, 15) is 0 Å². The maximum absolute atomic E-state index is 4.15. The highest BCUT2D eigenvalue weighted by Gasteiger charge is 2.11. The molecule has 0 amide bonds. The third kappa shape index (κ3) is 3.90. The summed E-state index contributed by atoms with van der Waals surface area (Å²) in [7, 11) is 0. The normalized spacial score (nSPS) is 12.0. The van der Waals surface area contributed by atoms with E-state index in [1.54, 1.807) is 0 Å². The fraction of sp³-hybridized carbons (Fsp3) is 0.818. The largest absolute Gasteiger partial charge is 0.252 e. The highest BCUT2D eigenvalue weighted by Crippen LogP contribution is 2.20. The van der Waals surface area contributed by atoms with Gasteiger partial charge in [0.15, 0.2) is 0 Å². The van der Waals surface area contributed by atoms with Crippen molar-refractivity contribution in [2.24, 2.45) is 5.41 Å². The fourth-order valence-corrected chi connectivity index (χ4v) is 1.29. The first-order valence-corrected chi connectivity index (χ1v) is 5.40. The lowest BCUT2D eigenvalue weighted by atomic mass is 9.90. The summed E-state index contributed by atoms with van der Waals surface area (Å²) in [4.78, 5) is 0. The summed E-state index contributed by atoms with van der Waals surface area (Å²) in [5, 5.41) is 8.22. The van der Waals surface area contributed by atoms with Gasteiger partial charge >= 0.3 is 0 Å². The van der Waals surface area contributed by atoms with Crippen LogP contribution in [0.25, 0.3) is 0 Å². The molecule has 0 unspecified atom stereocenters. The molecular formula is C11H21N3. The Morgan fingerprint density at radius 1 is 1.36 bits per heavy atom. The van der Waals surface area contributed by atoms with E-state index in [-0.39, 0.29) is 0 Å². The van der Waals surface area contributed by atoms with E-state index >= 15 is 0 Å². The summed E-state index contributed by atoms with van der Waals surface area (Å²) < 4.78 is 1.93. The van der Waals surface area contributed by atoms with Gasteiger partial charge in [-0.2, -0.15) is 0 Å². The van der Waals surface area contributed by atoms with Crippen molar-refractivity contribution in [3.05, 3.63) is 11.9 Å². The zero-order valence-corrected chi connectivity index (χ0v) is 9.75. The molecule has 3 heteroatoms. The van der Waals surface area contributed by atoms with Crippen LogP contribution in [-0.2, 0) is 13.0 Å². The quantitative estimate of drug-likeness (QED) is 0.739. The number of aromatic nitrogens is 3. The molecule has 0 spiro atoms. The Labute approximate surface area is 86.5 Å². The lowest BCUT2D eigenvalue weighted by Gasteiger charge is -2.16. The van der Waals surface area contributed by atoms with E-state index in [1.165, 1.54) is 0 Å². The predicted octanol–water partition coefficient (Wildman–Crippen LogP) is 2.67. The van der Waals surface area contributed by atoms with Gasteiger partial charge in [0, 0.05) is 12.7 Å². The molecule has 0 N–H and O–H groups in total. The van der Waals surface area contributed by atoms with Gasteiger partial charge in [-0.15, -0.1) is 5.10 Å². The van der Waals surface area contributed by atoms with Crippen molar-refractivity contribution in [1.29, 1.82) is 0 Å². The van der Waals surface area contributed by atoms with Crippen molar-refractivity contribution in [3.63, 3.8) is 0 Å². The van der Waals surface area contributed by atoms with Gasteiger partial charge in [-0.25, -0.2) is 0 Å². The third-order valence-electron chi connectivity index (χ3n) is 2.17. The molecule has 0 aromatic carbocycles. The first kappa shape index (κ1) is 11.2. The highest BCUT2D eigenvalue weighted by atomic mass is 15.4. The lowest BCUT2D eigenvalue weighted by Crippen LogP contribution is -2.06. The Kier molecular flexibility index (Phi) is 3.67. The van der Waals surface area contributed by atoms with Crippen molar-refractivity contribution in [1.82, 2.24) is 15.0 Å². The van der Waals surface area contributed by atoms with Crippen LogP contribution >= 0.6 is 0 Å². The highest BCUT2D eigenvalue weighted by molar-refractivity contribution is 4.93. The number of nitrogens with zero attached hydrogens (tertiary/aromatic N) is 3. The molecule has 1 rings (SSSR count). The van der Waals surface area contributed by atoms with Crippen LogP contribution in [0.3, 0.4) is 0 Å². The van der Waals surface area contributed by atoms with Gasteiger partial charge in [0.1, 0.15) is 0 Å². The molecule has 0 fully saturated rings.